The van der Waals surface area contributed by atoms with E-state index in [-0.39, 0.29) is 10.8 Å². The second kappa shape index (κ2) is 7.24. The molecule has 0 atom stereocenters. The first-order valence-corrected chi connectivity index (χ1v) is 9.26. The second-order valence-electron chi connectivity index (χ2n) is 5.67. The highest BCUT2D eigenvalue weighted by atomic mass is 32.2. The van der Waals surface area contributed by atoms with Gasteiger partial charge in [0.1, 0.15) is 0 Å². The van der Waals surface area contributed by atoms with E-state index < -0.39 is 10.0 Å². The summed E-state index contributed by atoms with van der Waals surface area (Å²) in [6.45, 7) is 3.60. The molecule has 1 aliphatic rings. The van der Waals surface area contributed by atoms with Crippen LogP contribution in [0.15, 0.2) is 29.2 Å². The van der Waals surface area contributed by atoms with Gasteiger partial charge in [0, 0.05) is 32.2 Å². The van der Waals surface area contributed by atoms with Crippen LogP contribution in [-0.2, 0) is 10.0 Å². The van der Waals surface area contributed by atoms with Crippen molar-refractivity contribution in [2.24, 2.45) is 0 Å². The van der Waals surface area contributed by atoms with Gasteiger partial charge in [-0.3, -0.25) is 4.79 Å². The van der Waals surface area contributed by atoms with Crippen molar-refractivity contribution >= 4 is 15.9 Å². The van der Waals surface area contributed by atoms with Crippen molar-refractivity contribution in [3.05, 3.63) is 29.8 Å². The normalized spacial score (nSPS) is 17.0. The zero-order valence-corrected chi connectivity index (χ0v) is 14.1. The number of carbonyl (C=O) groups is 1. The molecule has 1 saturated heterocycles. The quantitative estimate of drug-likeness (QED) is 0.854. The molecule has 5 nitrogen and oxygen atoms in total. The fourth-order valence-electron chi connectivity index (χ4n) is 2.58. The Kier molecular flexibility index (Phi) is 5.58. The lowest BCUT2D eigenvalue weighted by molar-refractivity contribution is 0.0802. The van der Waals surface area contributed by atoms with Gasteiger partial charge in [-0.25, -0.2) is 8.42 Å². The summed E-state index contributed by atoms with van der Waals surface area (Å²) in [6.07, 6.45) is 3.95. The number of hydrogen-bond donors (Lipinski definition) is 0. The smallest absolute Gasteiger partial charge is 0.253 e. The highest BCUT2D eigenvalue weighted by Gasteiger charge is 2.26. The van der Waals surface area contributed by atoms with Crippen LogP contribution >= 0.6 is 0 Å². The lowest BCUT2D eigenvalue weighted by Gasteiger charge is -2.20. The van der Waals surface area contributed by atoms with Crippen LogP contribution in [-0.4, -0.2) is 50.2 Å². The Balaban J connectivity index is 2.29. The zero-order valence-electron chi connectivity index (χ0n) is 13.3. The number of sulfonamides is 1. The third-order valence-corrected chi connectivity index (χ3v) is 6.00. The third-order valence-electron chi connectivity index (χ3n) is 4.10. The molecule has 22 heavy (non-hydrogen) atoms. The average Bonchev–Trinajstić information content (AvgIpc) is 2.83. The Bertz CT molecular complexity index is 620. The second-order valence-corrected chi connectivity index (χ2v) is 7.60. The van der Waals surface area contributed by atoms with Crippen LogP contribution in [0.1, 0.15) is 43.0 Å². The van der Waals surface area contributed by atoms with E-state index in [9.17, 15) is 13.2 Å². The summed E-state index contributed by atoms with van der Waals surface area (Å²) < 4.78 is 27.1. The molecule has 0 bridgehead atoms. The minimum absolute atomic E-state index is 0.157. The van der Waals surface area contributed by atoms with Gasteiger partial charge in [-0.2, -0.15) is 4.31 Å². The first kappa shape index (κ1) is 17.0. The fraction of sp³-hybridized carbons (Fsp3) is 0.562. The highest BCUT2D eigenvalue weighted by Crippen LogP contribution is 2.21. The van der Waals surface area contributed by atoms with Crippen molar-refractivity contribution in [2.75, 3.05) is 26.7 Å². The van der Waals surface area contributed by atoms with Gasteiger partial charge >= 0.3 is 0 Å². The molecule has 0 unspecified atom stereocenters. The van der Waals surface area contributed by atoms with Gasteiger partial charge in [0.05, 0.1) is 4.90 Å². The van der Waals surface area contributed by atoms with Crippen LogP contribution < -0.4 is 0 Å². The van der Waals surface area contributed by atoms with E-state index in [0.717, 1.165) is 25.7 Å². The first-order chi connectivity index (χ1) is 10.5. The van der Waals surface area contributed by atoms with Crippen molar-refractivity contribution in [1.82, 2.24) is 9.21 Å². The number of nitrogens with zero attached hydrogens (tertiary/aromatic N) is 2. The fourth-order valence-corrected chi connectivity index (χ4v) is 4.15. The van der Waals surface area contributed by atoms with Crippen molar-refractivity contribution in [3.8, 4) is 0 Å². The number of rotatable bonds is 4. The summed E-state index contributed by atoms with van der Waals surface area (Å²) in [5.41, 5.74) is 0.417. The molecule has 0 spiro atoms. The van der Waals surface area contributed by atoms with E-state index in [1.54, 1.807) is 34.5 Å². The molecule has 1 amide bonds. The molecule has 0 radical (unpaired) electrons. The SMILES string of the molecule is CCN(C)C(=O)c1cccc(S(=O)(=O)N2CCCCCC2)c1. The van der Waals surface area contributed by atoms with Gasteiger partial charge < -0.3 is 4.90 Å². The molecule has 1 heterocycles. The van der Waals surface area contributed by atoms with Crippen LogP contribution in [0.3, 0.4) is 0 Å². The average molecular weight is 324 g/mol. The minimum atomic E-state index is -3.51. The summed E-state index contributed by atoms with van der Waals surface area (Å²) in [4.78, 5) is 14.0. The van der Waals surface area contributed by atoms with E-state index in [1.807, 2.05) is 6.92 Å². The molecular weight excluding hydrogens is 300 g/mol. The van der Waals surface area contributed by atoms with Crippen molar-refractivity contribution in [2.45, 2.75) is 37.5 Å². The lowest BCUT2D eigenvalue weighted by Crippen LogP contribution is -2.32. The molecule has 1 fully saturated rings. The number of carbonyl (C=O) groups excluding carboxylic acids is 1. The predicted molar refractivity (Wildman–Crippen MR) is 86.3 cm³/mol. The van der Waals surface area contributed by atoms with Gasteiger partial charge in [-0.1, -0.05) is 18.9 Å². The van der Waals surface area contributed by atoms with Crippen LogP contribution in [0, 0.1) is 0 Å². The van der Waals surface area contributed by atoms with Gasteiger partial charge in [-0.15, -0.1) is 0 Å². The summed E-state index contributed by atoms with van der Waals surface area (Å²) in [5, 5.41) is 0. The maximum atomic E-state index is 12.8. The molecule has 0 saturated carbocycles. The van der Waals surface area contributed by atoms with Gasteiger partial charge in [0.2, 0.25) is 10.0 Å². The molecule has 122 valence electrons. The van der Waals surface area contributed by atoms with Gasteiger partial charge in [0.15, 0.2) is 0 Å². The van der Waals surface area contributed by atoms with E-state index in [4.69, 9.17) is 0 Å². The van der Waals surface area contributed by atoms with Gasteiger partial charge in [-0.05, 0) is 38.0 Å². The maximum absolute atomic E-state index is 12.8. The van der Waals surface area contributed by atoms with Gasteiger partial charge in [0.25, 0.3) is 5.91 Å². The molecule has 2 rings (SSSR count). The zero-order chi connectivity index (χ0) is 16.2. The van der Waals surface area contributed by atoms with Crippen LogP contribution in [0.25, 0.3) is 0 Å². The van der Waals surface area contributed by atoms with Crippen LogP contribution in [0.4, 0.5) is 0 Å². The minimum Gasteiger partial charge on any atom is -0.342 e. The monoisotopic (exact) mass is 324 g/mol. The molecule has 6 heteroatoms. The molecule has 1 aliphatic heterocycles. The largest absolute Gasteiger partial charge is 0.342 e. The third kappa shape index (κ3) is 3.67. The Morgan fingerprint density at radius 2 is 1.82 bits per heavy atom. The standard InChI is InChI=1S/C16H24N2O3S/c1-3-17(2)16(19)14-9-8-10-15(13-14)22(20,21)18-11-6-4-5-7-12-18/h8-10,13H,3-7,11-12H2,1-2H3. The van der Waals surface area contributed by atoms with Crippen molar-refractivity contribution in [1.29, 1.82) is 0 Å². The molecule has 0 N–H and O–H groups in total. The Hall–Kier alpha value is -1.40. The highest BCUT2D eigenvalue weighted by molar-refractivity contribution is 7.89. The van der Waals surface area contributed by atoms with Crippen LogP contribution in [0.2, 0.25) is 0 Å². The first-order valence-electron chi connectivity index (χ1n) is 7.82. The topological polar surface area (TPSA) is 57.7 Å². The Labute approximate surface area is 133 Å². The predicted octanol–water partition coefficient (Wildman–Crippen LogP) is 2.34. The molecular formula is C16H24N2O3S. The van der Waals surface area contributed by atoms with E-state index in [2.05, 4.69) is 0 Å². The molecule has 1 aromatic carbocycles. The molecule has 1 aromatic rings. The molecule has 0 aliphatic carbocycles. The van der Waals surface area contributed by atoms with E-state index in [0.29, 0.717) is 25.2 Å². The van der Waals surface area contributed by atoms with Crippen LogP contribution in [0.5, 0.6) is 0 Å². The van der Waals surface area contributed by atoms with E-state index in [1.165, 1.54) is 6.07 Å². The maximum Gasteiger partial charge on any atom is 0.253 e. The Morgan fingerprint density at radius 1 is 1.18 bits per heavy atom. The Morgan fingerprint density at radius 3 is 2.41 bits per heavy atom. The lowest BCUT2D eigenvalue weighted by atomic mass is 10.2. The summed E-state index contributed by atoms with van der Waals surface area (Å²) in [5.74, 6) is -0.157. The molecule has 0 aromatic heterocycles. The van der Waals surface area contributed by atoms with Crippen molar-refractivity contribution < 1.29 is 13.2 Å². The summed E-state index contributed by atoms with van der Waals surface area (Å²) in [6, 6.07) is 6.37. The number of amides is 1. The number of benzene rings is 1. The van der Waals surface area contributed by atoms with E-state index >= 15 is 0 Å². The summed E-state index contributed by atoms with van der Waals surface area (Å²) in [7, 11) is -1.80. The van der Waals surface area contributed by atoms with Crippen molar-refractivity contribution in [3.63, 3.8) is 0 Å². The summed E-state index contributed by atoms with van der Waals surface area (Å²) >= 11 is 0. The number of hydrogen-bond acceptors (Lipinski definition) is 3.